The molecular formula is C18H17N2+. The normalized spacial score (nSPS) is 10.4. The predicted molar refractivity (Wildman–Crippen MR) is 82.1 cm³/mol. The van der Waals surface area contributed by atoms with Crippen LogP contribution in [0, 0.1) is 0 Å². The highest BCUT2D eigenvalue weighted by Gasteiger charge is 2.20. The summed E-state index contributed by atoms with van der Waals surface area (Å²) in [6, 6.07) is 20.8. The minimum absolute atomic E-state index is 0.785. The van der Waals surface area contributed by atoms with Crippen molar-refractivity contribution in [1.29, 1.82) is 0 Å². The number of allylic oxidation sites excluding steroid dienone is 1. The van der Waals surface area contributed by atoms with E-state index in [1.54, 1.807) is 0 Å². The lowest BCUT2D eigenvalue weighted by atomic mass is 10.0. The van der Waals surface area contributed by atoms with Crippen molar-refractivity contribution >= 4 is 0 Å². The number of imidazole rings is 1. The van der Waals surface area contributed by atoms with E-state index in [0.29, 0.717) is 0 Å². The highest BCUT2D eigenvalue weighted by Crippen LogP contribution is 2.27. The average molecular weight is 261 g/mol. The zero-order chi connectivity index (χ0) is 13.8. The lowest BCUT2D eigenvalue weighted by Crippen LogP contribution is -2.32. The second-order valence-electron chi connectivity index (χ2n) is 4.67. The first kappa shape index (κ1) is 12.4. The van der Waals surface area contributed by atoms with Gasteiger partial charge >= 0.3 is 0 Å². The molecular weight excluding hydrogens is 244 g/mol. The molecule has 3 rings (SSSR count). The molecule has 1 N–H and O–H groups in total. The number of benzene rings is 2. The van der Waals surface area contributed by atoms with Crippen molar-refractivity contribution in [3.05, 3.63) is 79.6 Å². The standard InChI is InChI=1S/C18H16N2/c1-2-13-20-14-19-17(15-9-5-3-6-10-15)18(20)16-11-7-4-8-12-16/h2-12,14H,1,13H2/p+1. The zero-order valence-corrected chi connectivity index (χ0v) is 11.3. The van der Waals surface area contributed by atoms with Gasteiger partial charge in [0.05, 0.1) is 0 Å². The van der Waals surface area contributed by atoms with Gasteiger partial charge in [-0.2, -0.15) is 0 Å². The van der Waals surface area contributed by atoms with Gasteiger partial charge in [0.15, 0.2) is 11.4 Å². The van der Waals surface area contributed by atoms with E-state index in [9.17, 15) is 0 Å². The molecule has 0 aliphatic heterocycles. The number of H-pyrrole nitrogens is 1. The molecule has 0 saturated heterocycles. The van der Waals surface area contributed by atoms with Crippen LogP contribution in [0.25, 0.3) is 22.5 Å². The number of hydrogen-bond acceptors (Lipinski definition) is 0. The van der Waals surface area contributed by atoms with Gasteiger partial charge in [-0.05, 0) is 0 Å². The van der Waals surface area contributed by atoms with Gasteiger partial charge < -0.3 is 0 Å². The van der Waals surface area contributed by atoms with Gasteiger partial charge in [-0.15, -0.1) is 0 Å². The van der Waals surface area contributed by atoms with Gasteiger partial charge in [-0.3, -0.25) is 0 Å². The minimum atomic E-state index is 0.785. The van der Waals surface area contributed by atoms with E-state index in [1.165, 1.54) is 16.8 Å². The second kappa shape index (κ2) is 5.57. The summed E-state index contributed by atoms with van der Waals surface area (Å²) in [7, 11) is 0. The van der Waals surface area contributed by atoms with Gasteiger partial charge in [0.25, 0.3) is 0 Å². The van der Waals surface area contributed by atoms with E-state index in [0.717, 1.165) is 12.2 Å². The lowest BCUT2D eigenvalue weighted by molar-refractivity contribution is -0.674. The molecule has 20 heavy (non-hydrogen) atoms. The molecule has 2 aromatic carbocycles. The van der Waals surface area contributed by atoms with Crippen LogP contribution in [0.15, 0.2) is 79.6 Å². The predicted octanol–water partition coefficient (Wildman–Crippen LogP) is 3.82. The topological polar surface area (TPSA) is 19.7 Å². The molecule has 1 aromatic heterocycles. The molecule has 2 heteroatoms. The number of aromatic amines is 1. The van der Waals surface area contributed by atoms with E-state index in [2.05, 4.69) is 64.7 Å². The zero-order valence-electron chi connectivity index (χ0n) is 11.3. The SMILES string of the molecule is C=CC[n+]1c[nH]c(-c2ccccc2)c1-c1ccccc1. The Hall–Kier alpha value is -2.61. The van der Waals surface area contributed by atoms with Crippen LogP contribution in [0.5, 0.6) is 0 Å². The van der Waals surface area contributed by atoms with Crippen LogP contribution in [0.1, 0.15) is 0 Å². The van der Waals surface area contributed by atoms with Crippen molar-refractivity contribution in [3.8, 4) is 22.5 Å². The Balaban J connectivity index is 2.19. The summed E-state index contributed by atoms with van der Waals surface area (Å²) < 4.78 is 2.19. The molecule has 1 heterocycles. The number of rotatable bonds is 4. The fourth-order valence-corrected chi connectivity index (χ4v) is 2.43. The molecule has 0 unspecified atom stereocenters. The van der Waals surface area contributed by atoms with Gasteiger partial charge in [-0.1, -0.05) is 73.3 Å². The van der Waals surface area contributed by atoms with Crippen molar-refractivity contribution < 1.29 is 4.57 Å². The van der Waals surface area contributed by atoms with Gasteiger partial charge in [0.2, 0.25) is 6.33 Å². The molecule has 3 aromatic rings. The van der Waals surface area contributed by atoms with Crippen molar-refractivity contribution in [3.63, 3.8) is 0 Å². The van der Waals surface area contributed by atoms with Crippen LogP contribution in [-0.4, -0.2) is 4.98 Å². The molecule has 0 aliphatic rings. The Morgan fingerprint density at radius 3 is 2.10 bits per heavy atom. The summed E-state index contributed by atoms with van der Waals surface area (Å²) >= 11 is 0. The summed E-state index contributed by atoms with van der Waals surface area (Å²) in [6.07, 6.45) is 3.92. The fraction of sp³-hybridized carbons (Fsp3) is 0.0556. The molecule has 0 saturated carbocycles. The molecule has 0 spiro atoms. The molecule has 0 aliphatic carbocycles. The minimum Gasteiger partial charge on any atom is -0.243 e. The Bertz CT molecular complexity index is 697. The monoisotopic (exact) mass is 261 g/mol. The highest BCUT2D eigenvalue weighted by atomic mass is 15.1. The Labute approximate surface area is 119 Å². The molecule has 0 radical (unpaired) electrons. The number of nitrogens with one attached hydrogen (secondary N) is 1. The molecule has 0 amide bonds. The molecule has 98 valence electrons. The largest absolute Gasteiger partial charge is 0.243 e. The third kappa shape index (κ3) is 2.28. The van der Waals surface area contributed by atoms with Crippen LogP contribution in [-0.2, 0) is 6.54 Å². The molecule has 0 atom stereocenters. The maximum absolute atomic E-state index is 3.84. The smallest absolute Gasteiger partial charge is 0.242 e. The van der Waals surface area contributed by atoms with Gasteiger partial charge in [0.1, 0.15) is 6.54 Å². The van der Waals surface area contributed by atoms with E-state index >= 15 is 0 Å². The molecule has 0 bridgehead atoms. The number of hydrogen-bond donors (Lipinski definition) is 1. The summed E-state index contributed by atoms with van der Waals surface area (Å²) in [4.78, 5) is 3.39. The van der Waals surface area contributed by atoms with Crippen LogP contribution in [0.2, 0.25) is 0 Å². The maximum Gasteiger partial charge on any atom is 0.242 e. The van der Waals surface area contributed by atoms with Crippen LogP contribution < -0.4 is 4.57 Å². The van der Waals surface area contributed by atoms with Crippen molar-refractivity contribution in [2.45, 2.75) is 6.54 Å². The third-order valence-corrected chi connectivity index (χ3v) is 3.32. The van der Waals surface area contributed by atoms with E-state index in [4.69, 9.17) is 0 Å². The van der Waals surface area contributed by atoms with Crippen molar-refractivity contribution in [2.75, 3.05) is 0 Å². The Morgan fingerprint density at radius 2 is 1.50 bits per heavy atom. The van der Waals surface area contributed by atoms with E-state index < -0.39 is 0 Å². The van der Waals surface area contributed by atoms with E-state index in [-0.39, 0.29) is 0 Å². The first-order chi connectivity index (χ1) is 9.90. The lowest BCUT2D eigenvalue weighted by Gasteiger charge is -2.03. The first-order valence-electron chi connectivity index (χ1n) is 6.72. The number of nitrogens with zero attached hydrogens (tertiary/aromatic N) is 1. The maximum atomic E-state index is 3.84. The fourth-order valence-electron chi connectivity index (χ4n) is 2.43. The van der Waals surface area contributed by atoms with Crippen molar-refractivity contribution in [1.82, 2.24) is 4.98 Å². The summed E-state index contributed by atoms with van der Waals surface area (Å²) in [6.45, 7) is 4.62. The summed E-state index contributed by atoms with van der Waals surface area (Å²) in [5.41, 5.74) is 4.72. The summed E-state index contributed by atoms with van der Waals surface area (Å²) in [5, 5.41) is 0. The van der Waals surface area contributed by atoms with Crippen LogP contribution >= 0.6 is 0 Å². The second-order valence-corrected chi connectivity index (χ2v) is 4.67. The third-order valence-electron chi connectivity index (χ3n) is 3.32. The Kier molecular flexibility index (Phi) is 3.46. The van der Waals surface area contributed by atoms with E-state index in [1.807, 2.05) is 24.5 Å². The van der Waals surface area contributed by atoms with Gasteiger partial charge in [-0.25, -0.2) is 9.55 Å². The number of aromatic nitrogens is 2. The molecule has 0 fully saturated rings. The van der Waals surface area contributed by atoms with Crippen LogP contribution in [0.4, 0.5) is 0 Å². The quantitative estimate of drug-likeness (QED) is 0.544. The first-order valence-corrected chi connectivity index (χ1v) is 6.72. The van der Waals surface area contributed by atoms with Crippen LogP contribution in [0.3, 0.4) is 0 Å². The summed E-state index contributed by atoms with van der Waals surface area (Å²) in [5.74, 6) is 0. The molecule has 2 nitrogen and oxygen atoms in total. The average Bonchev–Trinajstić information content (AvgIpc) is 2.93. The van der Waals surface area contributed by atoms with Crippen molar-refractivity contribution in [2.24, 2.45) is 0 Å². The highest BCUT2D eigenvalue weighted by molar-refractivity contribution is 5.75. The van der Waals surface area contributed by atoms with Gasteiger partial charge in [0, 0.05) is 11.1 Å². The Morgan fingerprint density at radius 1 is 0.900 bits per heavy atom.